The Morgan fingerprint density at radius 1 is 1.44 bits per heavy atom. The Bertz CT molecular complexity index is 426. The Kier molecular flexibility index (Phi) is 3.81. The number of rotatable bonds is 4. The van der Waals surface area contributed by atoms with Crippen molar-refractivity contribution in [2.45, 2.75) is 25.3 Å². The van der Waals surface area contributed by atoms with Crippen LogP contribution in [0.2, 0.25) is 0 Å². The molecule has 0 bridgehead atoms. The first kappa shape index (κ1) is 12.8. The number of aromatic hydroxyl groups is 1. The minimum absolute atomic E-state index is 0.0451. The summed E-state index contributed by atoms with van der Waals surface area (Å²) in [6.07, 6.45) is 2.75. The maximum Gasteiger partial charge on any atom is 0.260 e. The molecule has 0 saturated heterocycles. The molecule has 0 aromatic heterocycles. The zero-order valence-electron chi connectivity index (χ0n) is 9.97. The third-order valence-electron chi connectivity index (χ3n) is 3.32. The Morgan fingerprint density at radius 3 is 2.67 bits per heavy atom. The average Bonchev–Trinajstić information content (AvgIpc) is 2.25. The number of benzene rings is 1. The monoisotopic (exact) mass is 253 g/mol. The van der Waals surface area contributed by atoms with E-state index in [2.05, 4.69) is 0 Å². The number of carbonyl (C=O) groups is 1. The molecule has 0 spiro atoms. The number of phenolic OH excluding ortho intramolecular Hbond substituents is 1. The molecule has 18 heavy (non-hydrogen) atoms. The van der Waals surface area contributed by atoms with Crippen molar-refractivity contribution in [3.8, 4) is 5.75 Å². The molecule has 0 radical (unpaired) electrons. The predicted octanol–water partition coefficient (Wildman–Crippen LogP) is 1.52. The molecule has 1 aromatic carbocycles. The van der Waals surface area contributed by atoms with Gasteiger partial charge in [0, 0.05) is 12.6 Å². The van der Waals surface area contributed by atoms with E-state index in [1.165, 1.54) is 17.0 Å². The number of hydrogen-bond donors (Lipinski definition) is 2. The summed E-state index contributed by atoms with van der Waals surface area (Å²) in [5, 5.41) is 18.6. The van der Waals surface area contributed by atoms with E-state index in [9.17, 15) is 14.3 Å². The summed E-state index contributed by atoms with van der Waals surface area (Å²) in [5.74, 6) is -1.64. The van der Waals surface area contributed by atoms with E-state index in [1.807, 2.05) is 0 Å². The lowest BCUT2D eigenvalue weighted by Crippen LogP contribution is -2.45. The predicted molar refractivity (Wildman–Crippen MR) is 63.8 cm³/mol. The van der Waals surface area contributed by atoms with Crippen LogP contribution in [0.15, 0.2) is 18.2 Å². The Labute approximate surface area is 105 Å². The first-order valence-electron chi connectivity index (χ1n) is 6.04. The van der Waals surface area contributed by atoms with Crippen LogP contribution in [-0.4, -0.2) is 40.2 Å². The van der Waals surface area contributed by atoms with E-state index >= 15 is 0 Å². The molecule has 4 nitrogen and oxygen atoms in total. The molecule has 1 amide bonds. The van der Waals surface area contributed by atoms with E-state index in [0.717, 1.165) is 25.3 Å². The minimum atomic E-state index is -0.734. The third-order valence-corrected chi connectivity index (χ3v) is 3.32. The fourth-order valence-electron chi connectivity index (χ4n) is 2.12. The maximum atomic E-state index is 13.6. The zero-order chi connectivity index (χ0) is 13.1. The highest BCUT2D eigenvalue weighted by Crippen LogP contribution is 2.29. The molecule has 0 heterocycles. The molecule has 1 fully saturated rings. The van der Waals surface area contributed by atoms with Crippen LogP contribution in [0.1, 0.15) is 29.6 Å². The van der Waals surface area contributed by atoms with Crippen LogP contribution in [0.25, 0.3) is 0 Å². The van der Waals surface area contributed by atoms with Crippen molar-refractivity contribution in [2.75, 3.05) is 13.2 Å². The number of halogens is 1. The molecule has 2 rings (SSSR count). The number of aliphatic hydroxyl groups is 1. The molecule has 98 valence electrons. The summed E-state index contributed by atoms with van der Waals surface area (Å²) in [5.41, 5.74) is -0.308. The Balaban J connectivity index is 2.27. The van der Waals surface area contributed by atoms with Crippen LogP contribution < -0.4 is 0 Å². The number of amides is 1. The molecule has 5 heteroatoms. The van der Waals surface area contributed by atoms with Gasteiger partial charge in [-0.2, -0.15) is 0 Å². The Hall–Kier alpha value is -1.62. The Morgan fingerprint density at radius 2 is 2.17 bits per heavy atom. The van der Waals surface area contributed by atoms with E-state index < -0.39 is 11.7 Å². The molecular formula is C13H16FNO3. The standard InChI is InChI=1S/C13H16FNO3/c14-10-5-2-6-11(17)12(10)13(18)15(7-8-16)9-3-1-4-9/h2,5-6,9,16-17H,1,3-4,7-8H2. The maximum absolute atomic E-state index is 13.6. The van der Waals surface area contributed by atoms with Crippen molar-refractivity contribution >= 4 is 5.91 Å². The van der Waals surface area contributed by atoms with Crippen molar-refractivity contribution in [3.63, 3.8) is 0 Å². The van der Waals surface area contributed by atoms with Gasteiger partial charge in [-0.25, -0.2) is 4.39 Å². The van der Waals surface area contributed by atoms with Gasteiger partial charge in [-0.15, -0.1) is 0 Å². The first-order valence-corrected chi connectivity index (χ1v) is 6.04. The van der Waals surface area contributed by atoms with Gasteiger partial charge >= 0.3 is 0 Å². The highest BCUT2D eigenvalue weighted by molar-refractivity contribution is 5.97. The average molecular weight is 253 g/mol. The van der Waals surface area contributed by atoms with Gasteiger partial charge in [0.1, 0.15) is 17.1 Å². The van der Waals surface area contributed by atoms with Crippen molar-refractivity contribution in [2.24, 2.45) is 0 Å². The second kappa shape index (κ2) is 5.35. The van der Waals surface area contributed by atoms with E-state index in [-0.39, 0.29) is 30.5 Å². The largest absolute Gasteiger partial charge is 0.507 e. The molecule has 1 aliphatic rings. The van der Waals surface area contributed by atoms with Crippen LogP contribution >= 0.6 is 0 Å². The molecule has 1 aromatic rings. The molecule has 2 N–H and O–H groups in total. The summed E-state index contributed by atoms with van der Waals surface area (Å²) in [6, 6.07) is 3.82. The van der Waals surface area contributed by atoms with Crippen LogP contribution in [0.4, 0.5) is 4.39 Å². The van der Waals surface area contributed by atoms with Crippen molar-refractivity contribution in [3.05, 3.63) is 29.6 Å². The molecule has 1 saturated carbocycles. The fraction of sp³-hybridized carbons (Fsp3) is 0.462. The lowest BCUT2D eigenvalue weighted by atomic mass is 9.91. The minimum Gasteiger partial charge on any atom is -0.507 e. The quantitative estimate of drug-likeness (QED) is 0.855. The van der Waals surface area contributed by atoms with Gasteiger partial charge in [0.2, 0.25) is 0 Å². The van der Waals surface area contributed by atoms with Gasteiger partial charge in [0.25, 0.3) is 5.91 Å². The number of hydrogen-bond acceptors (Lipinski definition) is 3. The summed E-state index contributed by atoms with van der Waals surface area (Å²) < 4.78 is 13.6. The first-order chi connectivity index (χ1) is 8.65. The second-order valence-electron chi connectivity index (χ2n) is 4.44. The van der Waals surface area contributed by atoms with Crippen LogP contribution in [0, 0.1) is 5.82 Å². The zero-order valence-corrected chi connectivity index (χ0v) is 9.97. The molecular weight excluding hydrogens is 237 g/mol. The second-order valence-corrected chi connectivity index (χ2v) is 4.44. The van der Waals surface area contributed by atoms with Crippen LogP contribution in [-0.2, 0) is 0 Å². The fourth-order valence-corrected chi connectivity index (χ4v) is 2.12. The normalized spacial score (nSPS) is 15.2. The molecule has 0 atom stereocenters. The topological polar surface area (TPSA) is 60.8 Å². The van der Waals surface area contributed by atoms with E-state index in [4.69, 9.17) is 5.11 Å². The summed E-state index contributed by atoms with van der Waals surface area (Å²) in [4.78, 5) is 13.7. The smallest absolute Gasteiger partial charge is 0.260 e. The van der Waals surface area contributed by atoms with Gasteiger partial charge < -0.3 is 15.1 Å². The summed E-state index contributed by atoms with van der Waals surface area (Å²) in [6.45, 7) is -0.00523. The molecule has 0 unspecified atom stereocenters. The number of carbonyl (C=O) groups excluding carboxylic acids is 1. The van der Waals surface area contributed by atoms with Crippen molar-refractivity contribution in [1.82, 2.24) is 4.90 Å². The van der Waals surface area contributed by atoms with Crippen molar-refractivity contribution in [1.29, 1.82) is 0 Å². The van der Waals surface area contributed by atoms with Gasteiger partial charge in [-0.1, -0.05) is 6.07 Å². The van der Waals surface area contributed by atoms with Gasteiger partial charge in [-0.3, -0.25) is 4.79 Å². The van der Waals surface area contributed by atoms with Gasteiger partial charge in [-0.05, 0) is 31.4 Å². The third kappa shape index (κ3) is 2.31. The molecule has 1 aliphatic carbocycles. The summed E-state index contributed by atoms with van der Waals surface area (Å²) in [7, 11) is 0. The highest BCUT2D eigenvalue weighted by atomic mass is 19.1. The van der Waals surface area contributed by atoms with E-state index in [0.29, 0.717) is 0 Å². The number of phenols is 1. The lowest BCUT2D eigenvalue weighted by Gasteiger charge is -2.37. The summed E-state index contributed by atoms with van der Waals surface area (Å²) >= 11 is 0. The van der Waals surface area contributed by atoms with Gasteiger partial charge in [0.15, 0.2) is 0 Å². The number of nitrogens with zero attached hydrogens (tertiary/aromatic N) is 1. The highest BCUT2D eigenvalue weighted by Gasteiger charge is 2.31. The van der Waals surface area contributed by atoms with Crippen molar-refractivity contribution < 1.29 is 19.4 Å². The van der Waals surface area contributed by atoms with Crippen LogP contribution in [0.5, 0.6) is 5.75 Å². The van der Waals surface area contributed by atoms with Gasteiger partial charge in [0.05, 0.1) is 6.61 Å². The molecule has 0 aliphatic heterocycles. The lowest BCUT2D eigenvalue weighted by molar-refractivity contribution is 0.0518. The number of aliphatic hydroxyl groups excluding tert-OH is 1. The SMILES string of the molecule is O=C(c1c(O)cccc1F)N(CCO)C1CCC1. The van der Waals surface area contributed by atoms with E-state index in [1.54, 1.807) is 0 Å². The van der Waals surface area contributed by atoms with Crippen LogP contribution in [0.3, 0.4) is 0 Å².